The quantitative estimate of drug-likeness (QED) is 0.582. The lowest BCUT2D eigenvalue weighted by molar-refractivity contribution is -0.118. The molecule has 0 fully saturated rings. The van der Waals surface area contributed by atoms with E-state index in [9.17, 15) is 9.59 Å². The number of nitrogen functional groups attached to an aromatic ring is 1. The number of hydrogen-bond donors (Lipinski definition) is 2. The number of esters is 1. The van der Waals surface area contributed by atoms with Crippen molar-refractivity contribution in [3.63, 3.8) is 0 Å². The molecule has 0 aliphatic carbocycles. The van der Waals surface area contributed by atoms with Crippen LogP contribution in [0.3, 0.4) is 0 Å². The molecular weight excluding hydrogens is 362 g/mol. The highest BCUT2D eigenvalue weighted by Gasteiger charge is 2.26. The zero-order valence-corrected chi connectivity index (χ0v) is 16.4. The summed E-state index contributed by atoms with van der Waals surface area (Å²) in [6.07, 6.45) is 1.83. The van der Waals surface area contributed by atoms with E-state index in [4.69, 9.17) is 10.5 Å². The molecule has 0 saturated heterocycles. The van der Waals surface area contributed by atoms with Crippen molar-refractivity contribution in [3.8, 4) is 0 Å². The lowest BCUT2D eigenvalue weighted by Gasteiger charge is -2.16. The lowest BCUT2D eigenvalue weighted by atomic mass is 10.1. The van der Waals surface area contributed by atoms with Crippen molar-refractivity contribution in [1.29, 1.82) is 0 Å². The number of ether oxygens (including phenoxy) is 1. The molecule has 10 heteroatoms. The monoisotopic (exact) mass is 383 g/mol. The normalized spacial score (nSPS) is 12.0. The van der Waals surface area contributed by atoms with E-state index < -0.39 is 12.0 Å². The van der Waals surface area contributed by atoms with Gasteiger partial charge < -0.3 is 15.8 Å². The summed E-state index contributed by atoms with van der Waals surface area (Å²) in [6, 6.07) is -0.629. The van der Waals surface area contributed by atoms with Crippen molar-refractivity contribution in [2.24, 2.45) is 0 Å². The number of hydrogen-bond acceptors (Lipinski definition) is 8. The number of amides is 1. The minimum Gasteiger partial charge on any atom is -0.462 e. The van der Waals surface area contributed by atoms with E-state index in [1.807, 2.05) is 20.1 Å². The van der Waals surface area contributed by atoms with Crippen LogP contribution in [0.15, 0.2) is 5.16 Å². The highest BCUT2D eigenvalue weighted by atomic mass is 32.2. The largest absolute Gasteiger partial charge is 0.462 e. The van der Waals surface area contributed by atoms with Crippen LogP contribution in [0.5, 0.6) is 0 Å². The van der Waals surface area contributed by atoms with Crippen molar-refractivity contribution in [2.45, 2.75) is 38.9 Å². The molecular formula is C15H21N5O3S2. The van der Waals surface area contributed by atoms with Crippen molar-refractivity contribution < 1.29 is 14.3 Å². The number of carbonyl (C=O) groups excluding carboxylic acids is 2. The Morgan fingerprint density at radius 1 is 1.40 bits per heavy atom. The van der Waals surface area contributed by atoms with Crippen LogP contribution in [0.25, 0.3) is 0 Å². The third-order valence-electron chi connectivity index (χ3n) is 3.74. The Morgan fingerprint density at radius 3 is 2.68 bits per heavy atom. The van der Waals surface area contributed by atoms with Gasteiger partial charge in [0.25, 0.3) is 0 Å². The number of nitrogens with one attached hydrogen (secondary N) is 1. The molecule has 0 spiro atoms. The van der Waals surface area contributed by atoms with Gasteiger partial charge in [-0.2, -0.15) is 0 Å². The Morgan fingerprint density at radius 2 is 2.08 bits per heavy atom. The summed E-state index contributed by atoms with van der Waals surface area (Å²) in [5.74, 6) is -0.592. The van der Waals surface area contributed by atoms with Gasteiger partial charge in [-0.25, -0.2) is 4.79 Å². The highest BCUT2D eigenvalue weighted by Crippen LogP contribution is 2.34. The average molecular weight is 383 g/mol. The topological polar surface area (TPSA) is 112 Å². The van der Waals surface area contributed by atoms with E-state index in [1.165, 1.54) is 23.1 Å². The standard InChI is InChI=1S/C15H21N5O3S2/c1-6-23-13(22)10-7(2)9(4)25-12(10)17-11(21)8(3)20-14(16)18-19-15(20)24-5/h8H,6H2,1-5H3,(H2,16,18)(H,17,21). The van der Waals surface area contributed by atoms with Gasteiger partial charge in [-0.05, 0) is 39.5 Å². The molecule has 0 saturated carbocycles. The number of aryl methyl sites for hydroxylation is 1. The summed E-state index contributed by atoms with van der Waals surface area (Å²) in [4.78, 5) is 25.8. The van der Waals surface area contributed by atoms with Crippen molar-refractivity contribution >= 4 is 45.9 Å². The molecule has 1 amide bonds. The summed E-state index contributed by atoms with van der Waals surface area (Å²) in [5.41, 5.74) is 7.02. The molecule has 2 heterocycles. The first kappa shape index (κ1) is 19.3. The molecule has 8 nitrogen and oxygen atoms in total. The van der Waals surface area contributed by atoms with Gasteiger partial charge >= 0.3 is 5.97 Å². The van der Waals surface area contributed by atoms with Crippen LogP contribution < -0.4 is 11.1 Å². The molecule has 0 aliphatic heterocycles. The van der Waals surface area contributed by atoms with E-state index in [1.54, 1.807) is 18.4 Å². The second-order valence-electron chi connectivity index (χ2n) is 5.29. The van der Waals surface area contributed by atoms with Gasteiger partial charge in [0.15, 0.2) is 5.16 Å². The number of anilines is 2. The summed E-state index contributed by atoms with van der Waals surface area (Å²) in [5, 5.41) is 11.6. The summed E-state index contributed by atoms with van der Waals surface area (Å²) in [6.45, 7) is 7.44. The molecule has 0 radical (unpaired) electrons. The second kappa shape index (κ2) is 7.87. The summed E-state index contributed by atoms with van der Waals surface area (Å²) < 4.78 is 6.65. The molecule has 3 N–H and O–H groups in total. The Labute approximate surface area is 154 Å². The van der Waals surface area contributed by atoms with E-state index >= 15 is 0 Å². The molecule has 1 unspecified atom stereocenters. The van der Waals surface area contributed by atoms with Crippen molar-refractivity contribution in [1.82, 2.24) is 14.8 Å². The number of thiophene rings is 1. The third-order valence-corrected chi connectivity index (χ3v) is 5.51. The first-order chi connectivity index (χ1) is 11.8. The Balaban J connectivity index is 2.30. The van der Waals surface area contributed by atoms with Crippen LogP contribution in [0.4, 0.5) is 10.9 Å². The number of nitrogens with two attached hydrogens (primary N) is 1. The predicted molar refractivity (Wildman–Crippen MR) is 99.3 cm³/mol. The number of aromatic nitrogens is 3. The van der Waals surface area contributed by atoms with Gasteiger partial charge in [0.1, 0.15) is 11.0 Å². The maximum absolute atomic E-state index is 12.7. The zero-order chi connectivity index (χ0) is 18.7. The van der Waals surface area contributed by atoms with E-state index in [-0.39, 0.29) is 18.5 Å². The van der Waals surface area contributed by atoms with E-state index in [0.29, 0.717) is 15.7 Å². The third kappa shape index (κ3) is 3.79. The minimum absolute atomic E-state index is 0.163. The van der Waals surface area contributed by atoms with Gasteiger partial charge in [-0.15, -0.1) is 21.5 Å². The first-order valence-corrected chi connectivity index (χ1v) is 9.68. The second-order valence-corrected chi connectivity index (χ2v) is 7.29. The molecule has 0 aliphatic rings. The SMILES string of the molecule is CCOC(=O)c1c(NC(=O)C(C)n2c(N)nnc2SC)sc(C)c1C. The van der Waals surface area contributed by atoms with Crippen LogP contribution in [0.2, 0.25) is 0 Å². The van der Waals surface area contributed by atoms with Crippen molar-refractivity contribution in [3.05, 3.63) is 16.0 Å². The zero-order valence-electron chi connectivity index (χ0n) is 14.7. The van der Waals surface area contributed by atoms with E-state index in [0.717, 1.165) is 10.4 Å². The number of nitrogens with zero attached hydrogens (tertiary/aromatic N) is 3. The van der Waals surface area contributed by atoms with Gasteiger partial charge in [0.05, 0.1) is 12.2 Å². The van der Waals surface area contributed by atoms with Gasteiger partial charge in [-0.3, -0.25) is 9.36 Å². The fraction of sp³-hybridized carbons (Fsp3) is 0.467. The number of rotatable bonds is 6. The van der Waals surface area contributed by atoms with Gasteiger partial charge in [-0.1, -0.05) is 11.8 Å². The molecule has 2 rings (SSSR count). The molecule has 25 heavy (non-hydrogen) atoms. The fourth-order valence-electron chi connectivity index (χ4n) is 2.29. The van der Waals surface area contributed by atoms with Gasteiger partial charge in [0, 0.05) is 4.88 Å². The molecule has 1 atom stereocenters. The molecule has 0 aromatic carbocycles. The minimum atomic E-state index is -0.629. The van der Waals surface area contributed by atoms with Crippen LogP contribution in [0.1, 0.15) is 40.7 Å². The highest BCUT2D eigenvalue weighted by molar-refractivity contribution is 7.98. The van der Waals surface area contributed by atoms with Crippen molar-refractivity contribution in [2.75, 3.05) is 23.9 Å². The first-order valence-electron chi connectivity index (χ1n) is 7.64. The van der Waals surface area contributed by atoms with Crippen LogP contribution in [-0.4, -0.2) is 39.5 Å². The maximum Gasteiger partial charge on any atom is 0.341 e. The number of carbonyl (C=O) groups is 2. The molecule has 136 valence electrons. The van der Waals surface area contributed by atoms with Crippen LogP contribution in [-0.2, 0) is 9.53 Å². The maximum atomic E-state index is 12.7. The Bertz CT molecular complexity index is 799. The number of thioether (sulfide) groups is 1. The molecule has 0 bridgehead atoms. The average Bonchev–Trinajstić information content (AvgIpc) is 3.07. The Hall–Kier alpha value is -2.07. The molecule has 2 aromatic rings. The fourth-order valence-corrected chi connectivity index (χ4v) is 3.91. The smallest absolute Gasteiger partial charge is 0.341 e. The van der Waals surface area contributed by atoms with E-state index in [2.05, 4.69) is 15.5 Å². The summed E-state index contributed by atoms with van der Waals surface area (Å²) in [7, 11) is 0. The molecule has 2 aromatic heterocycles. The Kier molecular flexibility index (Phi) is 6.07. The lowest BCUT2D eigenvalue weighted by Crippen LogP contribution is -2.25. The van der Waals surface area contributed by atoms with Crippen LogP contribution >= 0.6 is 23.1 Å². The van der Waals surface area contributed by atoms with Crippen LogP contribution in [0, 0.1) is 13.8 Å². The summed E-state index contributed by atoms with van der Waals surface area (Å²) >= 11 is 2.69. The predicted octanol–water partition coefficient (Wildman–Crippen LogP) is 2.64. The van der Waals surface area contributed by atoms with Gasteiger partial charge in [0.2, 0.25) is 11.9 Å².